The van der Waals surface area contributed by atoms with Gasteiger partial charge in [-0.05, 0) is 38.8 Å². The molecule has 0 saturated carbocycles. The van der Waals surface area contributed by atoms with Crippen LogP contribution in [0.2, 0.25) is 0 Å². The van der Waals surface area contributed by atoms with Gasteiger partial charge in [-0.1, -0.05) is 24.3 Å². The van der Waals surface area contributed by atoms with Crippen molar-refractivity contribution in [3.8, 4) is 0 Å². The summed E-state index contributed by atoms with van der Waals surface area (Å²) in [6.45, 7) is 10.7. The van der Waals surface area contributed by atoms with E-state index in [1.807, 2.05) is 52.0 Å². The second-order valence-electron chi connectivity index (χ2n) is 7.31. The molecule has 0 radical (unpaired) electrons. The summed E-state index contributed by atoms with van der Waals surface area (Å²) in [6, 6.07) is 7.60. The van der Waals surface area contributed by atoms with E-state index in [1.165, 1.54) is 0 Å². The Labute approximate surface area is 173 Å². The Morgan fingerprint density at radius 3 is 1.90 bits per heavy atom. The monoisotopic (exact) mass is 410 g/mol. The van der Waals surface area contributed by atoms with Crippen molar-refractivity contribution in [2.75, 3.05) is 39.6 Å². The van der Waals surface area contributed by atoms with E-state index < -0.39 is 11.7 Å². The molecule has 164 valence electrons. The van der Waals surface area contributed by atoms with Gasteiger partial charge in [0.05, 0.1) is 26.4 Å². The Kier molecular flexibility index (Phi) is 11.9. The number of benzene rings is 1. The summed E-state index contributed by atoms with van der Waals surface area (Å²) >= 11 is 0. The number of nitrogens with one attached hydrogen (secondary N) is 2. The van der Waals surface area contributed by atoms with Crippen LogP contribution in [0.3, 0.4) is 0 Å². The second-order valence-corrected chi connectivity index (χ2v) is 7.31. The van der Waals surface area contributed by atoms with Crippen LogP contribution < -0.4 is 10.6 Å². The number of ether oxygens (including phenoxy) is 4. The molecule has 0 fully saturated rings. The van der Waals surface area contributed by atoms with E-state index in [0.29, 0.717) is 46.1 Å². The molecule has 0 aliphatic rings. The quantitative estimate of drug-likeness (QED) is 0.485. The molecule has 0 aliphatic carbocycles. The Balaban J connectivity index is 2.15. The zero-order valence-electron chi connectivity index (χ0n) is 17.9. The fourth-order valence-electron chi connectivity index (χ4n) is 2.16. The van der Waals surface area contributed by atoms with Crippen LogP contribution in [-0.2, 0) is 36.8 Å². The Bertz CT molecular complexity index is 598. The van der Waals surface area contributed by atoms with E-state index in [0.717, 1.165) is 11.1 Å². The third-order valence-electron chi connectivity index (χ3n) is 3.53. The highest BCUT2D eigenvalue weighted by molar-refractivity contribution is 5.77. The van der Waals surface area contributed by atoms with Crippen LogP contribution in [0, 0.1) is 0 Å². The highest BCUT2D eigenvalue weighted by atomic mass is 16.6. The lowest BCUT2D eigenvalue weighted by molar-refractivity contribution is -0.126. The van der Waals surface area contributed by atoms with Gasteiger partial charge < -0.3 is 29.6 Å². The molecule has 1 aromatic rings. The standard InChI is InChI=1S/C21H34N2O6/c1-5-26-10-11-27-12-13-28-16-19(24)22-14-17-6-8-18(9-7-17)15-23-20(25)29-21(2,3)4/h6-9H,5,10-16H2,1-4H3,(H,22,24)(H,23,25). The first-order valence-electron chi connectivity index (χ1n) is 9.84. The van der Waals surface area contributed by atoms with E-state index in [-0.39, 0.29) is 12.5 Å². The fourth-order valence-corrected chi connectivity index (χ4v) is 2.16. The number of carbonyl (C=O) groups excluding carboxylic acids is 2. The molecule has 1 aromatic carbocycles. The van der Waals surface area contributed by atoms with Crippen LogP contribution in [0.1, 0.15) is 38.8 Å². The molecule has 0 aliphatic heterocycles. The third-order valence-corrected chi connectivity index (χ3v) is 3.53. The normalized spacial score (nSPS) is 11.2. The molecule has 1 rings (SSSR count). The number of hydrogen-bond acceptors (Lipinski definition) is 6. The van der Waals surface area contributed by atoms with E-state index in [9.17, 15) is 9.59 Å². The zero-order chi connectivity index (χ0) is 21.5. The van der Waals surface area contributed by atoms with Gasteiger partial charge in [0, 0.05) is 19.7 Å². The van der Waals surface area contributed by atoms with E-state index >= 15 is 0 Å². The minimum absolute atomic E-state index is 0.00723. The Hall–Kier alpha value is -2.16. The maximum absolute atomic E-state index is 11.8. The summed E-state index contributed by atoms with van der Waals surface area (Å²) in [4.78, 5) is 23.4. The van der Waals surface area contributed by atoms with Gasteiger partial charge in [0.2, 0.25) is 5.91 Å². The number of hydrogen-bond donors (Lipinski definition) is 2. The molecule has 29 heavy (non-hydrogen) atoms. The molecule has 0 unspecified atom stereocenters. The molecule has 0 heterocycles. The second kappa shape index (κ2) is 13.9. The van der Waals surface area contributed by atoms with Crippen molar-refractivity contribution in [1.29, 1.82) is 0 Å². The predicted octanol–water partition coefficient (Wildman–Crippen LogP) is 2.40. The number of alkyl carbamates (subject to hydrolysis) is 1. The summed E-state index contributed by atoms with van der Waals surface area (Å²) < 4.78 is 20.9. The van der Waals surface area contributed by atoms with Gasteiger partial charge in [0.25, 0.3) is 0 Å². The average Bonchev–Trinajstić information content (AvgIpc) is 2.66. The summed E-state index contributed by atoms with van der Waals surface area (Å²) in [5.41, 5.74) is 1.38. The van der Waals surface area contributed by atoms with Crippen molar-refractivity contribution in [3.63, 3.8) is 0 Å². The minimum atomic E-state index is -0.521. The lowest BCUT2D eigenvalue weighted by atomic mass is 10.1. The van der Waals surface area contributed by atoms with Crippen LogP contribution in [-0.4, -0.2) is 57.2 Å². The van der Waals surface area contributed by atoms with Gasteiger partial charge in [0.1, 0.15) is 12.2 Å². The molecule has 2 amide bonds. The molecule has 8 nitrogen and oxygen atoms in total. The van der Waals surface area contributed by atoms with Crippen LogP contribution >= 0.6 is 0 Å². The molecular weight excluding hydrogens is 376 g/mol. The first-order valence-corrected chi connectivity index (χ1v) is 9.84. The van der Waals surface area contributed by atoms with Gasteiger partial charge in [0.15, 0.2) is 0 Å². The summed E-state index contributed by atoms with van der Waals surface area (Å²) in [6.07, 6.45) is -0.450. The van der Waals surface area contributed by atoms with E-state index in [2.05, 4.69) is 10.6 Å². The number of rotatable bonds is 13. The minimum Gasteiger partial charge on any atom is -0.444 e. The first-order chi connectivity index (χ1) is 13.8. The smallest absolute Gasteiger partial charge is 0.407 e. The van der Waals surface area contributed by atoms with Gasteiger partial charge in [-0.15, -0.1) is 0 Å². The first kappa shape index (κ1) is 24.9. The number of amides is 2. The van der Waals surface area contributed by atoms with Crippen molar-refractivity contribution >= 4 is 12.0 Å². The van der Waals surface area contributed by atoms with E-state index in [4.69, 9.17) is 18.9 Å². The fraction of sp³-hybridized carbons (Fsp3) is 0.619. The van der Waals surface area contributed by atoms with Gasteiger partial charge in [-0.3, -0.25) is 4.79 Å². The molecule has 0 aromatic heterocycles. The molecule has 8 heteroatoms. The van der Waals surface area contributed by atoms with Crippen molar-refractivity contribution in [2.45, 2.75) is 46.4 Å². The van der Waals surface area contributed by atoms with Crippen LogP contribution in [0.4, 0.5) is 4.79 Å². The topological polar surface area (TPSA) is 95.1 Å². The van der Waals surface area contributed by atoms with Gasteiger partial charge >= 0.3 is 6.09 Å². The van der Waals surface area contributed by atoms with E-state index in [1.54, 1.807) is 0 Å². The molecular formula is C21H34N2O6. The molecule has 2 N–H and O–H groups in total. The zero-order valence-corrected chi connectivity index (χ0v) is 17.9. The Morgan fingerprint density at radius 1 is 0.828 bits per heavy atom. The lowest BCUT2D eigenvalue weighted by Crippen LogP contribution is -2.32. The highest BCUT2D eigenvalue weighted by Crippen LogP contribution is 2.08. The van der Waals surface area contributed by atoms with Gasteiger partial charge in [-0.2, -0.15) is 0 Å². The molecule has 0 saturated heterocycles. The SMILES string of the molecule is CCOCCOCCOCC(=O)NCc1ccc(CNC(=O)OC(C)(C)C)cc1. The molecule has 0 spiro atoms. The molecule has 0 bridgehead atoms. The molecule has 0 atom stereocenters. The summed E-state index contributed by atoms with van der Waals surface area (Å²) in [5.74, 6) is -0.185. The van der Waals surface area contributed by atoms with Crippen molar-refractivity contribution in [2.24, 2.45) is 0 Å². The van der Waals surface area contributed by atoms with Crippen molar-refractivity contribution < 1.29 is 28.5 Å². The van der Waals surface area contributed by atoms with Crippen molar-refractivity contribution in [1.82, 2.24) is 10.6 Å². The number of carbonyl (C=O) groups is 2. The third kappa shape index (κ3) is 13.6. The predicted molar refractivity (Wildman–Crippen MR) is 109 cm³/mol. The largest absolute Gasteiger partial charge is 0.444 e. The summed E-state index contributed by atoms with van der Waals surface area (Å²) in [5, 5.41) is 5.51. The van der Waals surface area contributed by atoms with Crippen molar-refractivity contribution in [3.05, 3.63) is 35.4 Å². The van der Waals surface area contributed by atoms with Crippen LogP contribution in [0.15, 0.2) is 24.3 Å². The van der Waals surface area contributed by atoms with Crippen LogP contribution in [0.25, 0.3) is 0 Å². The maximum Gasteiger partial charge on any atom is 0.407 e. The van der Waals surface area contributed by atoms with Crippen LogP contribution in [0.5, 0.6) is 0 Å². The maximum atomic E-state index is 11.8. The lowest BCUT2D eigenvalue weighted by Gasteiger charge is -2.19. The Morgan fingerprint density at radius 2 is 1.34 bits per heavy atom. The average molecular weight is 411 g/mol. The highest BCUT2D eigenvalue weighted by Gasteiger charge is 2.15. The summed E-state index contributed by atoms with van der Waals surface area (Å²) in [7, 11) is 0. The van der Waals surface area contributed by atoms with Gasteiger partial charge in [-0.25, -0.2) is 4.79 Å².